The van der Waals surface area contributed by atoms with Crippen molar-refractivity contribution >= 4 is 0 Å². The van der Waals surface area contributed by atoms with Crippen molar-refractivity contribution in [3.63, 3.8) is 0 Å². The molecule has 2 rings (SSSR count). The monoisotopic (exact) mass is 235 g/mol. The summed E-state index contributed by atoms with van der Waals surface area (Å²) in [5.41, 5.74) is 1.39. The fraction of sp³-hybridized carbons (Fsp3) is 0.786. The summed E-state index contributed by atoms with van der Waals surface area (Å²) in [4.78, 5) is 4.49. The number of aromatic nitrogens is 2. The van der Waals surface area contributed by atoms with Gasteiger partial charge in [-0.15, -0.1) is 0 Å². The molecule has 0 saturated heterocycles. The quantitative estimate of drug-likeness (QED) is 0.821. The lowest BCUT2D eigenvalue weighted by Gasteiger charge is -2.26. The average Bonchev–Trinajstić information content (AvgIpc) is 2.99. The summed E-state index contributed by atoms with van der Waals surface area (Å²) in [6.07, 6.45) is 6.93. The Morgan fingerprint density at radius 2 is 2.18 bits per heavy atom. The molecule has 0 atom stereocenters. The molecule has 0 radical (unpaired) electrons. The predicted octanol–water partition coefficient (Wildman–Crippen LogP) is 2.77. The molecule has 3 heteroatoms. The first kappa shape index (κ1) is 12.6. The van der Waals surface area contributed by atoms with E-state index in [4.69, 9.17) is 0 Å². The molecule has 0 aliphatic heterocycles. The van der Waals surface area contributed by atoms with Gasteiger partial charge in [-0.25, -0.2) is 4.98 Å². The molecular formula is C14H25N3. The molecule has 0 unspecified atom stereocenters. The zero-order valence-corrected chi connectivity index (χ0v) is 11.5. The second-order valence-electron chi connectivity index (χ2n) is 6.22. The number of nitrogens with one attached hydrogen (secondary N) is 1. The zero-order chi connectivity index (χ0) is 12.5. The van der Waals surface area contributed by atoms with Crippen LogP contribution in [0, 0.1) is 11.8 Å². The van der Waals surface area contributed by atoms with Crippen LogP contribution in [0.15, 0.2) is 12.5 Å². The fourth-order valence-corrected chi connectivity index (χ4v) is 2.26. The fourth-order valence-electron chi connectivity index (χ4n) is 2.26. The molecular weight excluding hydrogens is 210 g/mol. The second kappa shape index (κ2) is 4.81. The molecule has 1 heterocycles. The molecule has 1 aromatic heterocycles. The molecule has 1 aromatic rings. The largest absolute Gasteiger partial charge is 0.331 e. The lowest BCUT2D eigenvalue weighted by Crippen LogP contribution is -2.27. The Morgan fingerprint density at radius 3 is 2.76 bits per heavy atom. The first-order valence-electron chi connectivity index (χ1n) is 6.74. The summed E-state index contributed by atoms with van der Waals surface area (Å²) in [6.45, 7) is 11.0. The molecule has 0 amide bonds. The highest BCUT2D eigenvalue weighted by Crippen LogP contribution is 2.43. The number of nitrogens with zero attached hydrogens (tertiary/aromatic N) is 2. The summed E-state index contributed by atoms with van der Waals surface area (Å²) in [5.74, 6) is 1.54. The number of imidazole rings is 1. The summed E-state index contributed by atoms with van der Waals surface area (Å²) in [5, 5.41) is 3.43. The van der Waals surface area contributed by atoms with Crippen LogP contribution in [0.25, 0.3) is 0 Å². The van der Waals surface area contributed by atoms with E-state index in [9.17, 15) is 0 Å². The van der Waals surface area contributed by atoms with Gasteiger partial charge in [0.15, 0.2) is 0 Å². The van der Waals surface area contributed by atoms with E-state index in [1.807, 2.05) is 6.33 Å². The highest BCUT2D eigenvalue weighted by Gasteiger charge is 2.38. The highest BCUT2D eigenvalue weighted by molar-refractivity contribution is 5.03. The Balaban J connectivity index is 1.91. The van der Waals surface area contributed by atoms with Crippen LogP contribution in [-0.4, -0.2) is 16.1 Å². The van der Waals surface area contributed by atoms with Crippen LogP contribution in [0.4, 0.5) is 0 Å². The van der Waals surface area contributed by atoms with Crippen LogP contribution in [0.5, 0.6) is 0 Å². The van der Waals surface area contributed by atoms with Crippen LogP contribution >= 0.6 is 0 Å². The van der Waals surface area contributed by atoms with E-state index >= 15 is 0 Å². The average molecular weight is 235 g/mol. The maximum absolute atomic E-state index is 4.49. The van der Waals surface area contributed by atoms with Crippen LogP contribution in [0.1, 0.15) is 46.2 Å². The molecule has 96 valence electrons. The van der Waals surface area contributed by atoms with E-state index in [2.05, 4.69) is 48.8 Å². The normalized spacial score (nSPS) is 16.8. The Hall–Kier alpha value is -0.830. The topological polar surface area (TPSA) is 29.9 Å². The summed E-state index contributed by atoms with van der Waals surface area (Å²) < 4.78 is 2.29. The first-order chi connectivity index (χ1) is 8.00. The number of rotatable bonds is 6. The first-order valence-corrected chi connectivity index (χ1v) is 6.74. The number of hydrogen-bond acceptors (Lipinski definition) is 2. The molecule has 1 aliphatic rings. The molecule has 1 saturated carbocycles. The van der Waals surface area contributed by atoms with E-state index in [0.717, 1.165) is 24.7 Å². The molecule has 1 aliphatic carbocycles. The van der Waals surface area contributed by atoms with Gasteiger partial charge >= 0.3 is 0 Å². The molecule has 1 fully saturated rings. The third-order valence-electron chi connectivity index (χ3n) is 3.74. The minimum absolute atomic E-state index is 0.239. The SMILES string of the molecule is CC(C)CNCc1cn(C(C)(C)C2CC2)cn1. The second-order valence-corrected chi connectivity index (χ2v) is 6.22. The van der Waals surface area contributed by atoms with Crippen molar-refractivity contribution in [2.75, 3.05) is 6.54 Å². The van der Waals surface area contributed by atoms with Crippen molar-refractivity contribution in [2.45, 2.75) is 52.6 Å². The maximum Gasteiger partial charge on any atom is 0.0955 e. The molecule has 3 nitrogen and oxygen atoms in total. The van der Waals surface area contributed by atoms with E-state index in [-0.39, 0.29) is 5.54 Å². The lowest BCUT2D eigenvalue weighted by atomic mass is 9.99. The van der Waals surface area contributed by atoms with Crippen LogP contribution in [-0.2, 0) is 12.1 Å². The van der Waals surface area contributed by atoms with E-state index in [1.54, 1.807) is 0 Å². The summed E-state index contributed by atoms with van der Waals surface area (Å²) in [7, 11) is 0. The molecule has 0 spiro atoms. The highest BCUT2D eigenvalue weighted by atomic mass is 15.1. The molecule has 1 N–H and O–H groups in total. The van der Waals surface area contributed by atoms with Gasteiger partial charge < -0.3 is 9.88 Å². The smallest absolute Gasteiger partial charge is 0.0955 e. The van der Waals surface area contributed by atoms with Gasteiger partial charge in [-0.3, -0.25) is 0 Å². The molecule has 0 bridgehead atoms. The minimum Gasteiger partial charge on any atom is -0.331 e. The maximum atomic E-state index is 4.49. The Kier molecular flexibility index (Phi) is 3.57. The van der Waals surface area contributed by atoms with E-state index in [1.165, 1.54) is 12.8 Å². The zero-order valence-electron chi connectivity index (χ0n) is 11.5. The van der Waals surface area contributed by atoms with Crippen molar-refractivity contribution in [1.82, 2.24) is 14.9 Å². The standard InChI is InChI=1S/C14H25N3/c1-11(2)7-15-8-13-9-17(10-16-13)14(3,4)12-5-6-12/h9-12,15H,5-8H2,1-4H3. The third kappa shape index (κ3) is 3.09. The summed E-state index contributed by atoms with van der Waals surface area (Å²) >= 11 is 0. The lowest BCUT2D eigenvalue weighted by molar-refractivity contribution is 0.304. The molecule has 0 aromatic carbocycles. The third-order valence-corrected chi connectivity index (χ3v) is 3.74. The van der Waals surface area contributed by atoms with Crippen LogP contribution in [0.3, 0.4) is 0 Å². The van der Waals surface area contributed by atoms with Crippen LogP contribution < -0.4 is 5.32 Å². The number of hydrogen-bond donors (Lipinski definition) is 1. The van der Waals surface area contributed by atoms with Crippen molar-refractivity contribution in [1.29, 1.82) is 0 Å². The van der Waals surface area contributed by atoms with Crippen LogP contribution in [0.2, 0.25) is 0 Å². The van der Waals surface area contributed by atoms with Crippen molar-refractivity contribution in [3.8, 4) is 0 Å². The van der Waals surface area contributed by atoms with Gasteiger partial charge in [0, 0.05) is 18.3 Å². The van der Waals surface area contributed by atoms with E-state index in [0.29, 0.717) is 5.92 Å². The van der Waals surface area contributed by atoms with Gasteiger partial charge in [0.25, 0.3) is 0 Å². The van der Waals surface area contributed by atoms with Gasteiger partial charge in [-0.1, -0.05) is 13.8 Å². The van der Waals surface area contributed by atoms with Crippen molar-refractivity contribution in [2.24, 2.45) is 11.8 Å². The minimum atomic E-state index is 0.239. The van der Waals surface area contributed by atoms with Crippen molar-refractivity contribution < 1.29 is 0 Å². The Labute approximate surface area is 105 Å². The van der Waals surface area contributed by atoms with Gasteiger partial charge in [0.1, 0.15) is 0 Å². The predicted molar refractivity (Wildman–Crippen MR) is 70.8 cm³/mol. The summed E-state index contributed by atoms with van der Waals surface area (Å²) in [6, 6.07) is 0. The Bertz CT molecular complexity index is 361. The Morgan fingerprint density at radius 1 is 1.47 bits per heavy atom. The van der Waals surface area contributed by atoms with Gasteiger partial charge in [0.05, 0.1) is 12.0 Å². The van der Waals surface area contributed by atoms with Crippen molar-refractivity contribution in [3.05, 3.63) is 18.2 Å². The van der Waals surface area contributed by atoms with Gasteiger partial charge in [-0.05, 0) is 45.1 Å². The molecule has 17 heavy (non-hydrogen) atoms. The van der Waals surface area contributed by atoms with E-state index < -0.39 is 0 Å². The van der Waals surface area contributed by atoms with Gasteiger partial charge in [-0.2, -0.15) is 0 Å². The van der Waals surface area contributed by atoms with Gasteiger partial charge in [0.2, 0.25) is 0 Å².